The van der Waals surface area contributed by atoms with Gasteiger partial charge in [0.25, 0.3) is 5.91 Å². The van der Waals surface area contributed by atoms with E-state index in [9.17, 15) is 19.2 Å². The van der Waals surface area contributed by atoms with Gasteiger partial charge in [-0.3, -0.25) is 9.59 Å². The number of nitrogens with zero attached hydrogens (tertiary/aromatic N) is 2. The Labute approximate surface area is 197 Å². The van der Waals surface area contributed by atoms with Crippen LogP contribution < -0.4 is 16.0 Å². The van der Waals surface area contributed by atoms with Gasteiger partial charge in [-0.1, -0.05) is 30.3 Å². The van der Waals surface area contributed by atoms with E-state index in [4.69, 9.17) is 0 Å². The fourth-order valence-corrected chi connectivity index (χ4v) is 3.89. The van der Waals surface area contributed by atoms with Crippen molar-refractivity contribution < 1.29 is 14.0 Å². The van der Waals surface area contributed by atoms with Crippen LogP contribution in [0.1, 0.15) is 34.3 Å². The van der Waals surface area contributed by atoms with Gasteiger partial charge in [0.05, 0.1) is 22.9 Å². The van der Waals surface area contributed by atoms with Crippen molar-refractivity contribution in [3.63, 3.8) is 0 Å². The molecule has 1 aliphatic rings. The number of amides is 2. The number of nitrogens with one attached hydrogen (secondary N) is 3. The lowest BCUT2D eigenvalue weighted by molar-refractivity contribution is -0.124. The fraction of sp³-hybridized carbons (Fsp3) is 0.231. The van der Waals surface area contributed by atoms with Gasteiger partial charge in [0.1, 0.15) is 17.7 Å². The monoisotopic (exact) mass is 457 g/mol. The second kappa shape index (κ2) is 10.6. The highest BCUT2D eigenvalue weighted by Gasteiger charge is 2.25. The van der Waals surface area contributed by atoms with Gasteiger partial charge in [-0.25, -0.2) is 9.37 Å². The number of aromatic nitrogens is 1. The summed E-state index contributed by atoms with van der Waals surface area (Å²) in [5, 5.41) is 18.2. The summed E-state index contributed by atoms with van der Waals surface area (Å²) in [6.45, 7) is 1.01. The molecule has 2 aromatic carbocycles. The third-order valence-electron chi connectivity index (χ3n) is 5.65. The van der Waals surface area contributed by atoms with Crippen molar-refractivity contribution >= 4 is 17.6 Å². The van der Waals surface area contributed by atoms with E-state index in [-0.39, 0.29) is 17.3 Å². The minimum absolute atomic E-state index is 0.201. The maximum Gasteiger partial charge on any atom is 0.255 e. The van der Waals surface area contributed by atoms with E-state index < -0.39 is 11.9 Å². The molecule has 3 aromatic rings. The predicted octanol–water partition coefficient (Wildman–Crippen LogP) is 3.42. The number of rotatable bonds is 7. The highest BCUT2D eigenvalue weighted by atomic mass is 19.1. The van der Waals surface area contributed by atoms with Gasteiger partial charge in [-0.15, -0.1) is 0 Å². The highest BCUT2D eigenvalue weighted by Crippen LogP contribution is 2.25. The molecule has 1 saturated heterocycles. The topological polar surface area (TPSA) is 107 Å². The average Bonchev–Trinajstić information content (AvgIpc) is 2.85. The Morgan fingerprint density at radius 3 is 2.82 bits per heavy atom. The number of anilines is 1. The van der Waals surface area contributed by atoms with Crippen LogP contribution in [0.3, 0.4) is 0 Å². The molecule has 1 fully saturated rings. The Hall–Kier alpha value is -4.25. The molecular weight excluding hydrogens is 433 g/mol. The van der Waals surface area contributed by atoms with E-state index >= 15 is 0 Å². The summed E-state index contributed by atoms with van der Waals surface area (Å²) < 4.78 is 13.5. The summed E-state index contributed by atoms with van der Waals surface area (Å²) in [7, 11) is 0. The molecule has 0 saturated carbocycles. The smallest absolute Gasteiger partial charge is 0.255 e. The summed E-state index contributed by atoms with van der Waals surface area (Å²) >= 11 is 0. The number of hydrogen-bond donors (Lipinski definition) is 3. The van der Waals surface area contributed by atoms with Gasteiger partial charge in [0, 0.05) is 18.7 Å². The lowest BCUT2D eigenvalue weighted by Crippen LogP contribution is -2.50. The predicted molar refractivity (Wildman–Crippen MR) is 126 cm³/mol. The lowest BCUT2D eigenvalue weighted by Gasteiger charge is -2.23. The van der Waals surface area contributed by atoms with Crippen molar-refractivity contribution in [2.24, 2.45) is 0 Å². The van der Waals surface area contributed by atoms with Crippen molar-refractivity contribution in [3.05, 3.63) is 83.2 Å². The number of hydrogen-bond acceptors (Lipinski definition) is 5. The molecule has 8 heteroatoms. The van der Waals surface area contributed by atoms with Gasteiger partial charge < -0.3 is 16.0 Å². The van der Waals surface area contributed by atoms with E-state index in [0.717, 1.165) is 12.0 Å². The maximum atomic E-state index is 13.5. The van der Waals surface area contributed by atoms with Gasteiger partial charge in [-0.05, 0) is 55.2 Å². The zero-order valence-corrected chi connectivity index (χ0v) is 18.5. The normalized spacial score (nSPS) is 15.2. The van der Waals surface area contributed by atoms with E-state index in [1.165, 1.54) is 12.1 Å². The minimum atomic E-state index is -0.597. The Kier molecular flexibility index (Phi) is 7.13. The van der Waals surface area contributed by atoms with E-state index in [2.05, 4.69) is 27.0 Å². The van der Waals surface area contributed by atoms with Crippen LogP contribution in [-0.2, 0) is 11.2 Å². The molecule has 0 aliphatic carbocycles. The van der Waals surface area contributed by atoms with Crippen molar-refractivity contribution in [3.8, 4) is 17.3 Å². The van der Waals surface area contributed by atoms with Crippen LogP contribution in [0.25, 0.3) is 11.3 Å². The largest absolute Gasteiger partial charge is 0.369 e. The third kappa shape index (κ3) is 5.38. The SMILES string of the molecule is N#Cc1ccccc1-c1ccc(C(=O)N[C@@H]2CCCNC2=O)c(NCCc2cccc(F)c2)n1. The zero-order chi connectivity index (χ0) is 23.9. The van der Waals surface area contributed by atoms with E-state index in [1.54, 1.807) is 36.4 Å². The second-order valence-corrected chi connectivity index (χ2v) is 8.02. The molecule has 3 N–H and O–H groups in total. The molecular formula is C26H24FN5O2. The van der Waals surface area contributed by atoms with Gasteiger partial charge in [-0.2, -0.15) is 5.26 Å². The summed E-state index contributed by atoms with van der Waals surface area (Å²) in [6, 6.07) is 18.3. The average molecular weight is 458 g/mol. The van der Waals surface area contributed by atoms with Crippen molar-refractivity contribution in [1.29, 1.82) is 5.26 Å². The zero-order valence-electron chi connectivity index (χ0n) is 18.5. The maximum absolute atomic E-state index is 13.5. The molecule has 1 atom stereocenters. The molecule has 0 unspecified atom stereocenters. The van der Waals surface area contributed by atoms with Crippen LogP contribution in [-0.4, -0.2) is 35.9 Å². The number of piperidine rings is 1. The standard InChI is InChI=1S/C26H24FN5O2/c27-19-7-3-5-17(15-19)12-14-29-24-21(25(33)32-23-9-4-13-30-26(23)34)10-11-22(31-24)20-8-2-1-6-18(20)16-28/h1-3,5-8,10-11,15,23H,4,9,12-14H2,(H,29,31)(H,30,34)(H,32,33)/t23-/m1/s1. The first-order valence-corrected chi connectivity index (χ1v) is 11.1. The third-order valence-corrected chi connectivity index (χ3v) is 5.65. The Morgan fingerprint density at radius 2 is 2.03 bits per heavy atom. The molecule has 1 aromatic heterocycles. The van der Waals surface area contributed by atoms with Crippen molar-refractivity contribution in [2.75, 3.05) is 18.4 Å². The minimum Gasteiger partial charge on any atom is -0.369 e. The summed E-state index contributed by atoms with van der Waals surface area (Å²) in [5.74, 6) is -0.595. The first-order valence-electron chi connectivity index (χ1n) is 11.1. The van der Waals surface area contributed by atoms with Crippen molar-refractivity contribution in [1.82, 2.24) is 15.6 Å². The molecule has 34 heavy (non-hydrogen) atoms. The Balaban J connectivity index is 1.60. The van der Waals surface area contributed by atoms with Crippen LogP contribution in [0.15, 0.2) is 60.7 Å². The van der Waals surface area contributed by atoms with Crippen LogP contribution in [0.4, 0.5) is 10.2 Å². The van der Waals surface area contributed by atoms with E-state index in [0.29, 0.717) is 48.6 Å². The number of pyridine rings is 1. The fourth-order valence-electron chi connectivity index (χ4n) is 3.89. The first kappa shape index (κ1) is 22.9. The van der Waals surface area contributed by atoms with E-state index in [1.807, 2.05) is 12.1 Å². The van der Waals surface area contributed by atoms with Gasteiger partial charge in [0.2, 0.25) is 5.91 Å². The van der Waals surface area contributed by atoms with Gasteiger partial charge >= 0.3 is 0 Å². The number of halogens is 1. The summed E-state index contributed by atoms with van der Waals surface area (Å²) in [6.07, 6.45) is 1.88. The summed E-state index contributed by atoms with van der Waals surface area (Å²) in [5.41, 5.74) is 2.75. The number of benzene rings is 2. The van der Waals surface area contributed by atoms with Crippen molar-refractivity contribution in [2.45, 2.75) is 25.3 Å². The van der Waals surface area contributed by atoms with Crippen LogP contribution in [0.2, 0.25) is 0 Å². The molecule has 0 spiro atoms. The molecule has 2 heterocycles. The summed E-state index contributed by atoms with van der Waals surface area (Å²) in [4.78, 5) is 29.8. The number of carbonyl (C=O) groups is 2. The molecule has 0 radical (unpaired) electrons. The molecule has 7 nitrogen and oxygen atoms in total. The number of carbonyl (C=O) groups excluding carboxylic acids is 2. The Morgan fingerprint density at radius 1 is 1.18 bits per heavy atom. The first-order chi connectivity index (χ1) is 16.5. The molecule has 2 amide bonds. The quantitative estimate of drug-likeness (QED) is 0.504. The Bertz CT molecular complexity index is 1250. The van der Waals surface area contributed by atoms with Crippen LogP contribution >= 0.6 is 0 Å². The number of nitriles is 1. The molecule has 4 rings (SSSR count). The highest BCUT2D eigenvalue weighted by molar-refractivity contribution is 6.01. The molecule has 1 aliphatic heterocycles. The lowest BCUT2D eigenvalue weighted by atomic mass is 10.0. The van der Waals surface area contributed by atoms with Crippen LogP contribution in [0.5, 0.6) is 0 Å². The molecule has 172 valence electrons. The second-order valence-electron chi connectivity index (χ2n) is 8.02. The molecule has 0 bridgehead atoms. The van der Waals surface area contributed by atoms with Gasteiger partial charge in [0.15, 0.2) is 0 Å². The van der Waals surface area contributed by atoms with Crippen LogP contribution in [0, 0.1) is 17.1 Å².